The molecule has 2 bridgehead atoms. The summed E-state index contributed by atoms with van der Waals surface area (Å²) < 4.78 is 0. The lowest BCUT2D eigenvalue weighted by atomic mass is 9.32. The normalized spacial score (nSPS) is 45.3. The van der Waals surface area contributed by atoms with E-state index in [9.17, 15) is 9.90 Å². The van der Waals surface area contributed by atoms with Crippen molar-refractivity contribution in [2.45, 2.75) is 112 Å². The third-order valence-electron chi connectivity index (χ3n) is 12.1. The first-order valence-electron chi connectivity index (χ1n) is 14.6. The molecular weight excluding hydrogens is 432 g/mol. The first kappa shape index (κ1) is 30.3. The summed E-state index contributed by atoms with van der Waals surface area (Å²) >= 11 is 0. The molecule has 35 heavy (non-hydrogen) atoms. The number of aliphatic hydroxyl groups is 2. The van der Waals surface area contributed by atoms with Crippen LogP contribution >= 0.6 is 0 Å². The highest BCUT2D eigenvalue weighted by atomic mass is 16.3. The molecule has 2 N–H and O–H groups in total. The Labute approximate surface area is 216 Å². The molecule has 8 atom stereocenters. The molecule has 5 aliphatic carbocycles. The predicted octanol–water partition coefficient (Wildman–Crippen LogP) is 7.76. The highest BCUT2D eigenvalue weighted by Gasteiger charge is 2.70. The van der Waals surface area contributed by atoms with Gasteiger partial charge in [0.05, 0.1) is 6.61 Å². The minimum absolute atomic E-state index is 0.0833. The molecule has 5 fully saturated rings. The highest BCUT2D eigenvalue weighted by Crippen LogP contribution is 2.77. The van der Waals surface area contributed by atoms with Crippen molar-refractivity contribution in [2.24, 2.45) is 45.3 Å². The number of carbonyl (C=O) groups is 1. The van der Waals surface area contributed by atoms with Gasteiger partial charge in [0.25, 0.3) is 0 Å². The Balaban J connectivity index is 0.000000484. The van der Waals surface area contributed by atoms with Crippen LogP contribution in [0.1, 0.15) is 112 Å². The van der Waals surface area contributed by atoms with Gasteiger partial charge in [-0.05, 0) is 103 Å². The Morgan fingerprint density at radius 1 is 0.943 bits per heavy atom. The number of Topliss-reactive ketones (excluding diaryl/α,β-unsaturated/α-hetero) is 1. The average Bonchev–Trinajstić information content (AvgIpc) is 3.30. The van der Waals surface area contributed by atoms with E-state index >= 15 is 0 Å². The quantitative estimate of drug-likeness (QED) is 0.390. The van der Waals surface area contributed by atoms with Gasteiger partial charge in [-0.3, -0.25) is 4.79 Å². The SMILES string of the molecule is C=C.C=CCO.CC.CC1C2CCC3(C)C1(CCC(=O)C2)CCC1[C@H]2CCCC2(CO)CC[C@]13C. The van der Waals surface area contributed by atoms with Crippen molar-refractivity contribution in [2.75, 3.05) is 13.2 Å². The number of ketones is 1. The molecule has 202 valence electrons. The van der Waals surface area contributed by atoms with Gasteiger partial charge in [-0.25, -0.2) is 0 Å². The molecule has 5 rings (SSSR count). The van der Waals surface area contributed by atoms with Crippen LogP contribution in [-0.2, 0) is 4.79 Å². The Morgan fingerprint density at radius 3 is 2.20 bits per heavy atom. The van der Waals surface area contributed by atoms with Gasteiger partial charge < -0.3 is 10.2 Å². The maximum Gasteiger partial charge on any atom is 0.133 e. The molecule has 0 heterocycles. The number of hydrogen-bond donors (Lipinski definition) is 2. The summed E-state index contributed by atoms with van der Waals surface area (Å²) in [6.45, 7) is 21.5. The Hall–Kier alpha value is -0.930. The second-order valence-electron chi connectivity index (χ2n) is 12.4. The maximum atomic E-state index is 12.5. The number of rotatable bonds is 2. The fourth-order valence-electron chi connectivity index (χ4n) is 10.1. The lowest BCUT2D eigenvalue weighted by Gasteiger charge is -2.72. The van der Waals surface area contributed by atoms with E-state index in [0.29, 0.717) is 40.5 Å². The monoisotopic (exact) mass is 488 g/mol. The lowest BCUT2D eigenvalue weighted by Crippen LogP contribution is -2.65. The third-order valence-corrected chi connectivity index (χ3v) is 12.1. The Morgan fingerprint density at radius 2 is 1.60 bits per heavy atom. The second-order valence-corrected chi connectivity index (χ2v) is 12.4. The van der Waals surface area contributed by atoms with Gasteiger partial charge in [0.1, 0.15) is 5.78 Å². The molecule has 0 radical (unpaired) electrons. The van der Waals surface area contributed by atoms with E-state index in [-0.39, 0.29) is 12.0 Å². The first-order valence-corrected chi connectivity index (χ1v) is 14.6. The van der Waals surface area contributed by atoms with Crippen molar-refractivity contribution < 1.29 is 15.0 Å². The molecule has 1 spiro atoms. The van der Waals surface area contributed by atoms with E-state index < -0.39 is 0 Å². The molecule has 0 saturated heterocycles. The van der Waals surface area contributed by atoms with Crippen LogP contribution in [0.15, 0.2) is 25.8 Å². The van der Waals surface area contributed by atoms with Crippen LogP contribution in [-0.4, -0.2) is 29.2 Å². The minimum atomic E-state index is 0.0833. The fraction of sp³-hybridized carbons (Fsp3) is 0.844. The predicted molar refractivity (Wildman–Crippen MR) is 148 cm³/mol. The molecule has 0 amide bonds. The van der Waals surface area contributed by atoms with Crippen LogP contribution in [0.5, 0.6) is 0 Å². The van der Waals surface area contributed by atoms with E-state index in [1.54, 1.807) is 0 Å². The first-order chi connectivity index (χ1) is 16.7. The van der Waals surface area contributed by atoms with Crippen molar-refractivity contribution in [1.82, 2.24) is 0 Å². The van der Waals surface area contributed by atoms with E-state index in [2.05, 4.69) is 40.5 Å². The van der Waals surface area contributed by atoms with Crippen molar-refractivity contribution in [1.29, 1.82) is 0 Å². The van der Waals surface area contributed by atoms with Gasteiger partial charge in [-0.1, -0.05) is 47.1 Å². The second kappa shape index (κ2) is 12.1. The summed E-state index contributed by atoms with van der Waals surface area (Å²) in [5.74, 6) is 3.42. The van der Waals surface area contributed by atoms with Gasteiger partial charge >= 0.3 is 0 Å². The van der Waals surface area contributed by atoms with E-state index in [4.69, 9.17) is 5.11 Å². The third kappa shape index (κ3) is 4.63. The molecular formula is C32H56O3. The molecule has 3 heteroatoms. The highest BCUT2D eigenvalue weighted by molar-refractivity contribution is 5.79. The summed E-state index contributed by atoms with van der Waals surface area (Å²) in [6.07, 6.45) is 16.0. The zero-order chi connectivity index (χ0) is 26.5. The van der Waals surface area contributed by atoms with Gasteiger partial charge in [0.2, 0.25) is 0 Å². The van der Waals surface area contributed by atoms with Gasteiger partial charge in [0, 0.05) is 19.4 Å². The summed E-state index contributed by atoms with van der Waals surface area (Å²) in [5.41, 5.74) is 1.39. The molecule has 6 unspecified atom stereocenters. The van der Waals surface area contributed by atoms with Crippen LogP contribution in [0.25, 0.3) is 0 Å². The van der Waals surface area contributed by atoms with Crippen molar-refractivity contribution >= 4 is 5.78 Å². The number of hydrogen-bond acceptors (Lipinski definition) is 3. The molecule has 5 saturated carbocycles. The van der Waals surface area contributed by atoms with Crippen molar-refractivity contribution in [3.63, 3.8) is 0 Å². The topological polar surface area (TPSA) is 57.5 Å². The maximum absolute atomic E-state index is 12.5. The smallest absolute Gasteiger partial charge is 0.133 e. The van der Waals surface area contributed by atoms with E-state index in [1.165, 1.54) is 63.9 Å². The molecule has 0 aromatic carbocycles. The summed E-state index contributed by atoms with van der Waals surface area (Å²) in [4.78, 5) is 12.5. The van der Waals surface area contributed by atoms with Crippen LogP contribution in [0.3, 0.4) is 0 Å². The average molecular weight is 489 g/mol. The van der Waals surface area contributed by atoms with Crippen LogP contribution < -0.4 is 0 Å². The molecule has 0 aromatic heterocycles. The summed E-state index contributed by atoms with van der Waals surface area (Å²) in [5, 5.41) is 18.1. The Kier molecular flexibility index (Phi) is 10.5. The largest absolute Gasteiger partial charge is 0.396 e. The van der Waals surface area contributed by atoms with E-state index in [1.807, 2.05) is 13.8 Å². The Bertz CT molecular complexity index is 718. The zero-order valence-corrected chi connectivity index (χ0v) is 23.7. The van der Waals surface area contributed by atoms with Crippen LogP contribution in [0, 0.1) is 45.3 Å². The summed E-state index contributed by atoms with van der Waals surface area (Å²) in [7, 11) is 0. The number of aliphatic hydroxyl groups excluding tert-OH is 2. The summed E-state index contributed by atoms with van der Waals surface area (Å²) in [6, 6.07) is 0. The minimum Gasteiger partial charge on any atom is -0.396 e. The zero-order valence-electron chi connectivity index (χ0n) is 23.7. The van der Waals surface area contributed by atoms with Gasteiger partial charge in [-0.15, -0.1) is 19.7 Å². The van der Waals surface area contributed by atoms with E-state index in [0.717, 1.165) is 31.1 Å². The lowest BCUT2D eigenvalue weighted by molar-refractivity contribution is -0.241. The molecule has 3 nitrogen and oxygen atoms in total. The standard InChI is InChI=1S/C25H40O2.C3H6O.C2H6.C2H4/c1-17-18-6-10-23(3)22(2)13-14-24(16-26)9-4-5-21(24)20(22)8-12-25(17,23)11-7-19(27)15-18;1-2-3-4;2*1-2/h17-18,20-21,26H,4-16H2,1-3H3;2,4H,1,3H2;1-2H3;1-2H2/t17?,18?,20?,21-,22-,23?,24?,25?;;;/m1.../s1. The van der Waals surface area contributed by atoms with Crippen LogP contribution in [0.2, 0.25) is 0 Å². The molecule has 0 aromatic rings. The number of fused-ring (bicyclic) bond motifs is 5. The van der Waals surface area contributed by atoms with Gasteiger partial charge in [0.15, 0.2) is 0 Å². The van der Waals surface area contributed by atoms with Gasteiger partial charge in [-0.2, -0.15) is 0 Å². The number of carbonyl (C=O) groups excluding carboxylic acids is 1. The van der Waals surface area contributed by atoms with Crippen molar-refractivity contribution in [3.05, 3.63) is 25.8 Å². The molecule has 0 aliphatic heterocycles. The fourth-order valence-corrected chi connectivity index (χ4v) is 10.1. The van der Waals surface area contributed by atoms with Crippen molar-refractivity contribution in [3.8, 4) is 0 Å². The molecule has 5 aliphatic rings. The van der Waals surface area contributed by atoms with Crippen LogP contribution in [0.4, 0.5) is 0 Å².